The molecule has 1 aliphatic heterocycles. The number of nitrogens with one attached hydrogen (secondary N) is 1. The van der Waals surface area contributed by atoms with Crippen LogP contribution in [0.5, 0.6) is 0 Å². The van der Waals surface area contributed by atoms with Gasteiger partial charge < -0.3 is 0 Å². The predicted molar refractivity (Wildman–Crippen MR) is 104 cm³/mol. The normalized spacial score (nSPS) is 18.3. The number of sulfonamides is 1. The molecule has 7 heteroatoms. The summed E-state index contributed by atoms with van der Waals surface area (Å²) in [5.74, 6) is 0. The molecule has 0 atom stereocenters. The minimum Gasteiger partial charge on any atom is -0.268 e. The number of aromatic nitrogens is 2. The van der Waals surface area contributed by atoms with E-state index in [0.717, 1.165) is 67.2 Å². The van der Waals surface area contributed by atoms with Crippen molar-refractivity contribution in [2.75, 3.05) is 13.1 Å². The molecule has 4 rings (SSSR count). The van der Waals surface area contributed by atoms with Crippen LogP contribution in [0.4, 0.5) is 0 Å². The minimum absolute atomic E-state index is 0.123. The van der Waals surface area contributed by atoms with Gasteiger partial charge in [0.2, 0.25) is 10.0 Å². The molecule has 27 heavy (non-hydrogen) atoms. The van der Waals surface area contributed by atoms with Crippen LogP contribution in [-0.2, 0) is 22.9 Å². The number of H-pyrrole nitrogens is 1. The van der Waals surface area contributed by atoms with Crippen molar-refractivity contribution < 1.29 is 8.42 Å². The molecule has 2 heterocycles. The summed E-state index contributed by atoms with van der Waals surface area (Å²) in [6.07, 6.45) is 6.49. The van der Waals surface area contributed by atoms with Gasteiger partial charge in [-0.25, -0.2) is 13.5 Å². The number of aromatic amines is 1. The van der Waals surface area contributed by atoms with E-state index in [1.807, 2.05) is 19.1 Å². The maximum absolute atomic E-state index is 13.2. The molecule has 1 aromatic carbocycles. The Morgan fingerprint density at radius 1 is 1.00 bits per heavy atom. The summed E-state index contributed by atoms with van der Waals surface area (Å²) >= 11 is 0. The van der Waals surface area contributed by atoms with Gasteiger partial charge in [0.25, 0.3) is 5.56 Å². The first kappa shape index (κ1) is 18.4. The molecule has 6 nitrogen and oxygen atoms in total. The second-order valence-corrected chi connectivity index (χ2v) is 9.42. The van der Waals surface area contributed by atoms with E-state index in [2.05, 4.69) is 10.2 Å². The average molecular weight is 388 g/mol. The number of nitrogens with zero attached hydrogens (tertiary/aromatic N) is 2. The van der Waals surface area contributed by atoms with Crippen LogP contribution in [0.2, 0.25) is 0 Å². The topological polar surface area (TPSA) is 83.1 Å². The van der Waals surface area contributed by atoms with Gasteiger partial charge in [-0.05, 0) is 62.6 Å². The number of rotatable bonds is 3. The fourth-order valence-electron chi connectivity index (χ4n) is 4.17. The fraction of sp³-hybridized carbons (Fsp3) is 0.500. The molecular weight excluding hydrogens is 362 g/mol. The summed E-state index contributed by atoms with van der Waals surface area (Å²) < 4.78 is 28.0. The van der Waals surface area contributed by atoms with Crippen LogP contribution in [0, 0.1) is 6.92 Å². The third-order valence-electron chi connectivity index (χ3n) is 5.69. The lowest BCUT2D eigenvalue weighted by atomic mass is 9.90. The first-order valence-electron chi connectivity index (χ1n) is 9.70. The van der Waals surface area contributed by atoms with Gasteiger partial charge in [-0.1, -0.05) is 18.6 Å². The SMILES string of the molecule is Cc1ccc(-c2n[nH]c(=O)c3c2CCCC3)cc1S(=O)(=O)N1CCCCC1. The molecule has 1 saturated heterocycles. The Kier molecular flexibility index (Phi) is 4.90. The number of fused-ring (bicyclic) bond motifs is 1. The lowest BCUT2D eigenvalue weighted by Crippen LogP contribution is -2.36. The van der Waals surface area contributed by atoms with E-state index in [1.54, 1.807) is 10.4 Å². The lowest BCUT2D eigenvalue weighted by Gasteiger charge is -2.27. The van der Waals surface area contributed by atoms with Gasteiger partial charge in [-0.3, -0.25) is 4.79 Å². The molecule has 1 N–H and O–H groups in total. The van der Waals surface area contributed by atoms with E-state index in [0.29, 0.717) is 23.7 Å². The van der Waals surface area contributed by atoms with Crippen LogP contribution in [0.3, 0.4) is 0 Å². The monoisotopic (exact) mass is 387 g/mol. The number of hydrogen-bond donors (Lipinski definition) is 1. The Hall–Kier alpha value is -1.99. The van der Waals surface area contributed by atoms with Crippen molar-refractivity contribution in [3.05, 3.63) is 45.2 Å². The molecule has 2 aromatic rings. The van der Waals surface area contributed by atoms with Gasteiger partial charge in [0.1, 0.15) is 0 Å². The van der Waals surface area contributed by atoms with Gasteiger partial charge in [-0.2, -0.15) is 9.40 Å². The van der Waals surface area contributed by atoms with Crippen molar-refractivity contribution in [2.45, 2.75) is 56.8 Å². The van der Waals surface area contributed by atoms with Gasteiger partial charge in [-0.15, -0.1) is 0 Å². The van der Waals surface area contributed by atoms with Gasteiger partial charge in [0.05, 0.1) is 10.6 Å². The van der Waals surface area contributed by atoms with Crippen molar-refractivity contribution in [2.24, 2.45) is 0 Å². The Morgan fingerprint density at radius 2 is 1.70 bits per heavy atom. The maximum atomic E-state index is 13.2. The van der Waals surface area contributed by atoms with E-state index < -0.39 is 10.0 Å². The molecule has 2 aliphatic rings. The summed E-state index contributed by atoms with van der Waals surface area (Å²) in [5.41, 5.74) is 3.84. The molecule has 1 fully saturated rings. The molecule has 0 amide bonds. The first-order valence-corrected chi connectivity index (χ1v) is 11.1. The number of hydrogen-bond acceptors (Lipinski definition) is 4. The molecule has 0 spiro atoms. The van der Waals surface area contributed by atoms with E-state index in [1.165, 1.54) is 0 Å². The molecule has 1 aliphatic carbocycles. The third kappa shape index (κ3) is 3.34. The van der Waals surface area contributed by atoms with Gasteiger partial charge in [0.15, 0.2) is 0 Å². The van der Waals surface area contributed by atoms with Crippen LogP contribution in [0.15, 0.2) is 27.9 Å². The average Bonchev–Trinajstić information content (AvgIpc) is 2.70. The van der Waals surface area contributed by atoms with Gasteiger partial charge >= 0.3 is 0 Å². The summed E-state index contributed by atoms with van der Waals surface area (Å²) in [4.78, 5) is 12.5. The van der Waals surface area contributed by atoms with Crippen LogP contribution in [-0.4, -0.2) is 36.0 Å². The second-order valence-electron chi connectivity index (χ2n) is 7.51. The largest absolute Gasteiger partial charge is 0.268 e. The molecule has 0 unspecified atom stereocenters. The number of piperidine rings is 1. The summed E-state index contributed by atoms with van der Waals surface area (Å²) in [6, 6.07) is 5.48. The highest BCUT2D eigenvalue weighted by molar-refractivity contribution is 7.89. The van der Waals surface area contributed by atoms with Crippen molar-refractivity contribution in [3.63, 3.8) is 0 Å². The Morgan fingerprint density at radius 3 is 2.44 bits per heavy atom. The van der Waals surface area contributed by atoms with E-state index in [9.17, 15) is 13.2 Å². The predicted octanol–water partition coefficient (Wildman–Crippen LogP) is 2.80. The van der Waals surface area contributed by atoms with Crippen LogP contribution in [0.1, 0.15) is 48.8 Å². The standard InChI is InChI=1S/C20H25N3O3S/c1-14-9-10-15(13-18(14)27(25,26)23-11-5-2-6-12-23)19-16-7-3-4-8-17(16)20(24)22-21-19/h9-10,13H,2-8,11-12H2,1H3,(H,22,24). The molecular formula is C20H25N3O3S. The highest BCUT2D eigenvalue weighted by Gasteiger charge is 2.28. The third-order valence-corrected chi connectivity index (χ3v) is 7.73. The van der Waals surface area contributed by atoms with E-state index in [-0.39, 0.29) is 5.56 Å². The lowest BCUT2D eigenvalue weighted by molar-refractivity contribution is 0.346. The molecule has 0 bridgehead atoms. The Labute approximate surface area is 159 Å². The highest BCUT2D eigenvalue weighted by atomic mass is 32.2. The smallest absolute Gasteiger partial charge is 0.267 e. The maximum Gasteiger partial charge on any atom is 0.267 e. The van der Waals surface area contributed by atoms with Crippen molar-refractivity contribution in [3.8, 4) is 11.3 Å². The molecule has 144 valence electrons. The van der Waals surface area contributed by atoms with Gasteiger partial charge in [0, 0.05) is 24.2 Å². The summed E-state index contributed by atoms with van der Waals surface area (Å²) in [5, 5.41) is 6.88. The van der Waals surface area contributed by atoms with Crippen molar-refractivity contribution in [1.82, 2.24) is 14.5 Å². The zero-order chi connectivity index (χ0) is 19.0. The molecule has 0 saturated carbocycles. The first-order chi connectivity index (χ1) is 13.0. The van der Waals surface area contributed by atoms with E-state index in [4.69, 9.17) is 0 Å². The highest BCUT2D eigenvalue weighted by Crippen LogP contribution is 2.31. The molecule has 0 radical (unpaired) electrons. The zero-order valence-electron chi connectivity index (χ0n) is 15.6. The zero-order valence-corrected chi connectivity index (χ0v) is 16.4. The Balaban J connectivity index is 1.81. The van der Waals surface area contributed by atoms with Crippen LogP contribution >= 0.6 is 0 Å². The number of aryl methyl sites for hydroxylation is 1. The van der Waals surface area contributed by atoms with Crippen molar-refractivity contribution >= 4 is 10.0 Å². The molecule has 1 aromatic heterocycles. The fourth-order valence-corrected chi connectivity index (χ4v) is 5.94. The number of benzene rings is 1. The Bertz CT molecular complexity index is 1020. The summed E-state index contributed by atoms with van der Waals surface area (Å²) in [6.45, 7) is 2.99. The quantitative estimate of drug-likeness (QED) is 0.878. The second kappa shape index (κ2) is 7.20. The minimum atomic E-state index is -3.52. The summed E-state index contributed by atoms with van der Waals surface area (Å²) in [7, 11) is -3.52. The van der Waals surface area contributed by atoms with Crippen LogP contribution < -0.4 is 5.56 Å². The van der Waals surface area contributed by atoms with Crippen LogP contribution in [0.25, 0.3) is 11.3 Å². The van der Waals surface area contributed by atoms with Crippen molar-refractivity contribution in [1.29, 1.82) is 0 Å². The van der Waals surface area contributed by atoms with E-state index >= 15 is 0 Å².